The average molecular weight is 724 g/mol. The quantitative estimate of drug-likeness (QED) is 0.151. The molecule has 1 aromatic heterocycles. The Hall–Kier alpha value is -5.13. The first-order chi connectivity index (χ1) is 23.3. The van der Waals surface area contributed by atoms with E-state index < -0.39 is 69.9 Å². The van der Waals surface area contributed by atoms with Crippen LogP contribution in [-0.2, 0) is 36.8 Å². The van der Waals surface area contributed by atoms with Crippen molar-refractivity contribution in [3.05, 3.63) is 82.4 Å². The van der Waals surface area contributed by atoms with E-state index in [-0.39, 0.29) is 29.4 Å². The van der Waals surface area contributed by atoms with E-state index in [2.05, 4.69) is 22.1 Å². The molecule has 274 valence electrons. The summed E-state index contributed by atoms with van der Waals surface area (Å²) in [7, 11) is 2.40. The lowest BCUT2D eigenvalue weighted by Gasteiger charge is -2.32. The number of hydrogen-bond acceptors (Lipinski definition) is 6. The standard InChI is InChI=1S/C36H36F7N3O5/c1-20-14-24(37)12-13-26(20)27-18-25(10-9-11-28(30(47)50-8)45-32(49)51-33(2,3)4)44-19-29(27)46(7)31(48)34(5,6)21-15-22(35(38,39)40)17-23(16-21)36(41,42)43/h12-19,28H,11H2,1-8H3,(H,45,49). The summed E-state index contributed by atoms with van der Waals surface area (Å²) < 4.78 is 106. The molecule has 1 heterocycles. The second-order valence-electron chi connectivity index (χ2n) is 13.1. The molecule has 3 aromatic rings. The Bertz CT molecular complexity index is 1840. The van der Waals surface area contributed by atoms with Crippen molar-refractivity contribution >= 4 is 23.7 Å². The lowest BCUT2D eigenvalue weighted by atomic mass is 9.81. The topological polar surface area (TPSA) is 97.8 Å². The summed E-state index contributed by atoms with van der Waals surface area (Å²) in [6.45, 7) is 8.88. The van der Waals surface area contributed by atoms with Crippen LogP contribution in [0.25, 0.3) is 11.1 Å². The Morgan fingerprint density at radius 1 is 0.882 bits per heavy atom. The number of aromatic nitrogens is 1. The molecule has 51 heavy (non-hydrogen) atoms. The fourth-order valence-corrected chi connectivity index (χ4v) is 4.93. The first kappa shape index (κ1) is 40.3. The van der Waals surface area contributed by atoms with E-state index in [1.54, 1.807) is 27.7 Å². The molecule has 0 fully saturated rings. The minimum absolute atomic E-state index is 0.0200. The van der Waals surface area contributed by atoms with Gasteiger partial charge >= 0.3 is 24.4 Å². The zero-order valence-corrected chi connectivity index (χ0v) is 29.0. The minimum atomic E-state index is -5.13. The Labute approximate surface area is 290 Å². The molecule has 0 aliphatic heterocycles. The molecular weight excluding hydrogens is 687 g/mol. The average Bonchev–Trinajstić information content (AvgIpc) is 3.01. The molecule has 0 saturated heterocycles. The zero-order chi connectivity index (χ0) is 38.7. The normalized spacial score (nSPS) is 12.7. The molecule has 0 aliphatic rings. The number of anilines is 1. The fraction of sp³-hybridized carbons (Fsp3) is 0.389. The molecule has 1 atom stereocenters. The van der Waals surface area contributed by atoms with E-state index in [1.807, 2.05) is 0 Å². The molecule has 0 saturated carbocycles. The van der Waals surface area contributed by atoms with E-state index in [4.69, 9.17) is 9.47 Å². The first-order valence-electron chi connectivity index (χ1n) is 15.3. The Kier molecular flexibility index (Phi) is 11.9. The Balaban J connectivity index is 2.09. The summed E-state index contributed by atoms with van der Waals surface area (Å²) in [4.78, 5) is 43.8. The molecule has 8 nitrogen and oxygen atoms in total. The SMILES string of the molecule is COC(=O)C(CC#Cc1cc(-c2ccc(F)cc2C)c(N(C)C(=O)C(C)(C)c2cc(C(F)(F)F)cc(C(F)(F)F)c2)cn1)NC(=O)OC(C)(C)C. The maximum Gasteiger partial charge on any atom is 0.416 e. The van der Waals surface area contributed by atoms with Crippen molar-refractivity contribution < 1.29 is 54.6 Å². The monoisotopic (exact) mass is 723 g/mol. The number of alkyl carbamates (subject to hydrolysis) is 1. The van der Waals surface area contributed by atoms with E-state index >= 15 is 0 Å². The number of aryl methyl sites for hydroxylation is 1. The number of benzene rings is 2. The number of esters is 1. The van der Waals surface area contributed by atoms with Gasteiger partial charge in [0.05, 0.1) is 35.5 Å². The van der Waals surface area contributed by atoms with Gasteiger partial charge in [-0.3, -0.25) is 4.79 Å². The first-order valence-corrected chi connectivity index (χ1v) is 15.3. The van der Waals surface area contributed by atoms with Crippen LogP contribution in [0.2, 0.25) is 0 Å². The van der Waals surface area contributed by atoms with Crippen LogP contribution >= 0.6 is 0 Å². The number of rotatable bonds is 7. The van der Waals surface area contributed by atoms with Crippen LogP contribution in [0.5, 0.6) is 0 Å². The smallest absolute Gasteiger partial charge is 0.416 e. The van der Waals surface area contributed by atoms with Gasteiger partial charge in [-0.1, -0.05) is 12.0 Å². The number of ether oxygens (including phenoxy) is 2. The van der Waals surface area contributed by atoms with E-state index in [9.17, 15) is 45.1 Å². The Morgan fingerprint density at radius 2 is 1.45 bits per heavy atom. The largest absolute Gasteiger partial charge is 0.467 e. The predicted molar refractivity (Wildman–Crippen MR) is 174 cm³/mol. The number of amides is 2. The van der Waals surface area contributed by atoms with Crippen LogP contribution in [0.15, 0.2) is 48.7 Å². The molecule has 2 amide bonds. The van der Waals surface area contributed by atoms with Gasteiger partial charge in [0.2, 0.25) is 5.91 Å². The van der Waals surface area contributed by atoms with E-state index in [1.165, 1.54) is 45.3 Å². The molecule has 1 N–H and O–H groups in total. The molecule has 1 unspecified atom stereocenters. The summed E-state index contributed by atoms with van der Waals surface area (Å²) in [5, 5.41) is 2.38. The predicted octanol–water partition coefficient (Wildman–Crippen LogP) is 7.98. The summed E-state index contributed by atoms with van der Waals surface area (Å²) >= 11 is 0. The van der Waals surface area contributed by atoms with Crippen molar-refractivity contribution in [1.82, 2.24) is 10.3 Å². The van der Waals surface area contributed by atoms with Gasteiger partial charge in [0, 0.05) is 19.0 Å². The molecule has 0 aliphatic carbocycles. The van der Waals surface area contributed by atoms with Crippen molar-refractivity contribution in [2.24, 2.45) is 0 Å². The highest BCUT2D eigenvalue weighted by Crippen LogP contribution is 2.41. The van der Waals surface area contributed by atoms with Crippen molar-refractivity contribution in [3.8, 4) is 23.0 Å². The number of hydrogen-bond donors (Lipinski definition) is 1. The van der Waals surface area contributed by atoms with Crippen molar-refractivity contribution in [2.45, 2.75) is 77.4 Å². The van der Waals surface area contributed by atoms with Crippen LogP contribution in [0.3, 0.4) is 0 Å². The summed E-state index contributed by atoms with van der Waals surface area (Å²) in [6, 6.07) is 5.02. The maximum absolute atomic E-state index is 14.1. The van der Waals surface area contributed by atoms with Gasteiger partial charge < -0.3 is 19.7 Å². The summed E-state index contributed by atoms with van der Waals surface area (Å²) in [6.07, 6.45) is -10.1. The summed E-state index contributed by atoms with van der Waals surface area (Å²) in [5.74, 6) is 3.24. The molecule has 3 rings (SSSR count). The van der Waals surface area contributed by atoms with Crippen molar-refractivity contribution in [1.29, 1.82) is 0 Å². The highest BCUT2D eigenvalue weighted by molar-refractivity contribution is 6.03. The number of nitrogens with one attached hydrogen (secondary N) is 1. The second kappa shape index (κ2) is 15.0. The van der Waals surface area contributed by atoms with E-state index in [0.717, 1.165) is 18.1 Å². The fourth-order valence-electron chi connectivity index (χ4n) is 4.93. The van der Waals surface area contributed by atoms with Gasteiger partial charge in [-0.05, 0) is 101 Å². The van der Waals surface area contributed by atoms with Gasteiger partial charge in [0.1, 0.15) is 23.2 Å². The number of pyridine rings is 1. The van der Waals surface area contributed by atoms with Crippen LogP contribution in [0.1, 0.15) is 69.0 Å². The van der Waals surface area contributed by atoms with Crippen molar-refractivity contribution in [2.75, 3.05) is 19.1 Å². The number of carbonyl (C=O) groups excluding carboxylic acids is 3. The van der Waals surface area contributed by atoms with E-state index in [0.29, 0.717) is 23.3 Å². The number of methoxy groups -OCH3 is 1. The highest BCUT2D eigenvalue weighted by atomic mass is 19.4. The summed E-state index contributed by atoms with van der Waals surface area (Å²) in [5.41, 5.74) is -5.16. The molecule has 2 aromatic carbocycles. The van der Waals surface area contributed by atoms with Crippen LogP contribution in [-0.4, -0.2) is 48.8 Å². The van der Waals surface area contributed by atoms with Crippen LogP contribution < -0.4 is 10.2 Å². The number of halogens is 7. The zero-order valence-electron chi connectivity index (χ0n) is 29.0. The van der Waals surface area contributed by atoms with Crippen LogP contribution in [0.4, 0.5) is 41.2 Å². The highest BCUT2D eigenvalue weighted by Gasteiger charge is 2.41. The van der Waals surface area contributed by atoms with Crippen molar-refractivity contribution in [3.63, 3.8) is 0 Å². The van der Waals surface area contributed by atoms with Gasteiger partial charge in [-0.2, -0.15) is 26.3 Å². The van der Waals surface area contributed by atoms with Gasteiger partial charge in [0.25, 0.3) is 0 Å². The molecule has 15 heteroatoms. The maximum atomic E-state index is 14.1. The number of nitrogens with zero attached hydrogens (tertiary/aromatic N) is 2. The number of alkyl halides is 6. The number of likely N-dealkylation sites (N-methyl/N-ethyl adjacent to an activating group) is 1. The third kappa shape index (κ3) is 10.2. The number of carbonyl (C=O) groups is 3. The van der Waals surface area contributed by atoms with Gasteiger partial charge in [-0.25, -0.2) is 19.0 Å². The third-order valence-corrected chi connectivity index (χ3v) is 7.57. The molecule has 0 spiro atoms. The molecule has 0 radical (unpaired) electrons. The Morgan fingerprint density at radius 3 is 1.96 bits per heavy atom. The third-order valence-electron chi connectivity index (χ3n) is 7.57. The lowest BCUT2D eigenvalue weighted by molar-refractivity contribution is -0.144. The molecule has 0 bridgehead atoms. The molecular formula is C36H36F7N3O5. The lowest BCUT2D eigenvalue weighted by Crippen LogP contribution is -2.43. The van der Waals surface area contributed by atoms with Crippen LogP contribution in [0, 0.1) is 24.6 Å². The van der Waals surface area contributed by atoms with Gasteiger partial charge in [-0.15, -0.1) is 0 Å². The second-order valence-corrected chi connectivity index (χ2v) is 13.1. The minimum Gasteiger partial charge on any atom is -0.467 e. The van der Waals surface area contributed by atoms with Gasteiger partial charge in [0.15, 0.2) is 0 Å².